The zero-order chi connectivity index (χ0) is 18.7. The minimum atomic E-state index is -0.381. The molecule has 1 fully saturated rings. The molecule has 7 nitrogen and oxygen atoms in total. The fourth-order valence-corrected chi connectivity index (χ4v) is 3.23. The highest BCUT2D eigenvalue weighted by atomic mass is 35.5. The third kappa shape index (κ3) is 3.88. The van der Waals surface area contributed by atoms with E-state index in [1.807, 2.05) is 17.9 Å². The minimum absolute atomic E-state index is 0.0804. The van der Waals surface area contributed by atoms with E-state index < -0.39 is 0 Å². The number of halogens is 1. The number of aryl methyl sites for hydroxylation is 1. The first-order valence-electron chi connectivity index (χ1n) is 8.26. The molecule has 2 aromatic carbocycles. The van der Waals surface area contributed by atoms with Crippen molar-refractivity contribution in [3.63, 3.8) is 0 Å². The number of para-hydroxylation sites is 2. The molecular weight excluding hydrogens is 356 g/mol. The van der Waals surface area contributed by atoms with E-state index in [9.17, 15) is 14.9 Å². The van der Waals surface area contributed by atoms with Gasteiger partial charge in [0.05, 0.1) is 15.6 Å². The van der Waals surface area contributed by atoms with Gasteiger partial charge in [-0.3, -0.25) is 10.1 Å². The van der Waals surface area contributed by atoms with Crippen molar-refractivity contribution < 1.29 is 9.72 Å². The smallest absolute Gasteiger partial charge is 0.322 e. The van der Waals surface area contributed by atoms with Gasteiger partial charge in [-0.1, -0.05) is 29.8 Å². The normalized spacial score (nSPS) is 14.2. The number of benzene rings is 2. The van der Waals surface area contributed by atoms with Crippen LogP contribution >= 0.6 is 11.6 Å². The van der Waals surface area contributed by atoms with Gasteiger partial charge in [0.15, 0.2) is 0 Å². The van der Waals surface area contributed by atoms with Crippen molar-refractivity contribution >= 4 is 34.7 Å². The summed E-state index contributed by atoms with van der Waals surface area (Å²) < 4.78 is 0. The Morgan fingerprint density at radius 3 is 2.50 bits per heavy atom. The lowest BCUT2D eigenvalue weighted by atomic mass is 10.2. The lowest BCUT2D eigenvalue weighted by Gasteiger charge is -2.35. The first-order valence-corrected chi connectivity index (χ1v) is 8.64. The van der Waals surface area contributed by atoms with Gasteiger partial charge in [-0.15, -0.1) is 0 Å². The van der Waals surface area contributed by atoms with Gasteiger partial charge in [-0.25, -0.2) is 4.79 Å². The summed E-state index contributed by atoms with van der Waals surface area (Å²) in [6.45, 7) is 3.93. The van der Waals surface area contributed by atoms with E-state index in [-0.39, 0.29) is 16.6 Å². The highest BCUT2D eigenvalue weighted by Gasteiger charge is 2.25. The van der Waals surface area contributed by atoms with Gasteiger partial charge in [0.2, 0.25) is 0 Å². The molecule has 8 heteroatoms. The Labute approximate surface area is 156 Å². The van der Waals surface area contributed by atoms with E-state index >= 15 is 0 Å². The average molecular weight is 375 g/mol. The molecule has 136 valence electrons. The first-order chi connectivity index (χ1) is 12.5. The average Bonchev–Trinajstić information content (AvgIpc) is 2.64. The standard InChI is InChI=1S/C18H19ClN4O3/c1-13-6-7-15(14(19)12-13)20-18(24)22-10-8-21(9-11-22)16-4-2-3-5-17(16)23(25)26/h2-7,12H,8-11H2,1H3,(H,20,24). The molecule has 0 unspecified atom stereocenters. The zero-order valence-electron chi connectivity index (χ0n) is 14.3. The molecule has 0 radical (unpaired) electrons. The molecule has 2 aromatic rings. The number of anilines is 2. The summed E-state index contributed by atoms with van der Waals surface area (Å²) in [5, 5.41) is 14.5. The highest BCUT2D eigenvalue weighted by Crippen LogP contribution is 2.28. The third-order valence-corrected chi connectivity index (χ3v) is 4.66. The van der Waals surface area contributed by atoms with Gasteiger partial charge >= 0.3 is 6.03 Å². The molecule has 1 aliphatic rings. The van der Waals surface area contributed by atoms with Crippen LogP contribution in [0.3, 0.4) is 0 Å². The summed E-state index contributed by atoms with van der Waals surface area (Å²) in [6.07, 6.45) is 0. The molecule has 3 rings (SSSR count). The van der Waals surface area contributed by atoms with Crippen LogP contribution in [-0.4, -0.2) is 42.0 Å². The fourth-order valence-electron chi connectivity index (χ4n) is 2.95. The van der Waals surface area contributed by atoms with E-state index in [2.05, 4.69) is 5.32 Å². The monoisotopic (exact) mass is 374 g/mol. The van der Waals surface area contributed by atoms with E-state index in [1.165, 1.54) is 6.07 Å². The molecule has 0 aliphatic carbocycles. The maximum Gasteiger partial charge on any atom is 0.322 e. The molecule has 0 atom stereocenters. The van der Waals surface area contributed by atoms with Gasteiger partial charge in [-0.05, 0) is 30.7 Å². The van der Waals surface area contributed by atoms with Gasteiger partial charge in [0, 0.05) is 32.2 Å². The Hall–Kier alpha value is -2.80. The number of nitrogens with one attached hydrogen (secondary N) is 1. The maximum absolute atomic E-state index is 12.5. The number of piperazine rings is 1. The van der Waals surface area contributed by atoms with Gasteiger partial charge in [0.1, 0.15) is 5.69 Å². The van der Waals surface area contributed by atoms with E-state index in [0.29, 0.717) is 42.6 Å². The van der Waals surface area contributed by atoms with Crippen LogP contribution in [0, 0.1) is 17.0 Å². The number of rotatable bonds is 3. The van der Waals surface area contributed by atoms with Crippen LogP contribution in [0.1, 0.15) is 5.56 Å². The largest absolute Gasteiger partial charge is 0.362 e. The van der Waals surface area contributed by atoms with Crippen molar-refractivity contribution in [1.82, 2.24) is 4.90 Å². The van der Waals surface area contributed by atoms with Crippen molar-refractivity contribution in [1.29, 1.82) is 0 Å². The summed E-state index contributed by atoms with van der Waals surface area (Å²) in [4.78, 5) is 26.9. The predicted octanol–water partition coefficient (Wildman–Crippen LogP) is 3.91. The molecule has 26 heavy (non-hydrogen) atoms. The van der Waals surface area contributed by atoms with Crippen molar-refractivity contribution in [2.75, 3.05) is 36.4 Å². The van der Waals surface area contributed by atoms with Crippen LogP contribution in [-0.2, 0) is 0 Å². The quantitative estimate of drug-likeness (QED) is 0.652. The lowest BCUT2D eigenvalue weighted by Crippen LogP contribution is -2.50. The predicted molar refractivity (Wildman–Crippen MR) is 102 cm³/mol. The molecular formula is C18H19ClN4O3. The lowest BCUT2D eigenvalue weighted by molar-refractivity contribution is -0.384. The second kappa shape index (κ2) is 7.61. The number of carbonyl (C=O) groups is 1. The van der Waals surface area contributed by atoms with E-state index in [0.717, 1.165) is 5.56 Å². The number of hydrogen-bond acceptors (Lipinski definition) is 4. The van der Waals surface area contributed by atoms with Crippen LogP contribution < -0.4 is 10.2 Å². The Morgan fingerprint density at radius 1 is 1.15 bits per heavy atom. The van der Waals surface area contributed by atoms with Crippen LogP contribution in [0.2, 0.25) is 5.02 Å². The minimum Gasteiger partial charge on any atom is -0.362 e. The number of nitrogens with zero attached hydrogens (tertiary/aromatic N) is 3. The number of nitro groups is 1. The van der Waals surface area contributed by atoms with Crippen molar-refractivity contribution in [3.05, 3.63) is 63.2 Å². The Morgan fingerprint density at radius 2 is 1.85 bits per heavy atom. The van der Waals surface area contributed by atoms with Crippen LogP contribution in [0.5, 0.6) is 0 Å². The highest BCUT2D eigenvalue weighted by molar-refractivity contribution is 6.33. The Kier molecular flexibility index (Phi) is 5.27. The second-order valence-corrected chi connectivity index (χ2v) is 6.54. The molecule has 1 aliphatic heterocycles. The summed E-state index contributed by atoms with van der Waals surface area (Å²) in [6, 6.07) is 11.9. The fraction of sp³-hybridized carbons (Fsp3) is 0.278. The SMILES string of the molecule is Cc1ccc(NC(=O)N2CCN(c3ccccc3[N+](=O)[O-])CC2)c(Cl)c1. The molecule has 1 heterocycles. The van der Waals surface area contributed by atoms with Crippen molar-refractivity contribution in [3.8, 4) is 0 Å². The molecule has 2 amide bonds. The molecule has 0 aromatic heterocycles. The number of hydrogen-bond donors (Lipinski definition) is 1. The van der Waals surface area contributed by atoms with Crippen molar-refractivity contribution in [2.24, 2.45) is 0 Å². The van der Waals surface area contributed by atoms with Crippen LogP contribution in [0.25, 0.3) is 0 Å². The van der Waals surface area contributed by atoms with Gasteiger partial charge < -0.3 is 15.1 Å². The van der Waals surface area contributed by atoms with Crippen LogP contribution in [0.4, 0.5) is 21.9 Å². The van der Waals surface area contributed by atoms with Crippen molar-refractivity contribution in [2.45, 2.75) is 6.92 Å². The molecule has 1 N–H and O–H groups in total. The number of nitro benzene ring substituents is 1. The molecule has 1 saturated heterocycles. The summed E-state index contributed by atoms with van der Waals surface area (Å²) in [7, 11) is 0. The van der Waals surface area contributed by atoms with Gasteiger partial charge in [0.25, 0.3) is 5.69 Å². The van der Waals surface area contributed by atoms with E-state index in [1.54, 1.807) is 35.2 Å². The number of urea groups is 1. The zero-order valence-corrected chi connectivity index (χ0v) is 15.1. The van der Waals surface area contributed by atoms with Crippen LogP contribution in [0.15, 0.2) is 42.5 Å². The Balaban J connectivity index is 1.63. The summed E-state index contributed by atoms with van der Waals surface area (Å²) >= 11 is 6.16. The second-order valence-electron chi connectivity index (χ2n) is 6.13. The third-order valence-electron chi connectivity index (χ3n) is 4.35. The number of amides is 2. The number of carbonyl (C=O) groups excluding carboxylic acids is 1. The summed E-state index contributed by atoms with van der Waals surface area (Å²) in [5.41, 5.74) is 2.26. The molecule has 0 saturated carbocycles. The molecule has 0 bridgehead atoms. The molecule has 0 spiro atoms. The maximum atomic E-state index is 12.5. The first kappa shape index (κ1) is 18.0. The van der Waals surface area contributed by atoms with Gasteiger partial charge in [-0.2, -0.15) is 0 Å². The summed E-state index contributed by atoms with van der Waals surface area (Å²) in [5.74, 6) is 0. The van der Waals surface area contributed by atoms with E-state index in [4.69, 9.17) is 11.6 Å². The topological polar surface area (TPSA) is 78.7 Å². The Bertz CT molecular complexity index is 835.